The molecule has 2 amide bonds. The maximum Gasteiger partial charge on any atom is 0.328 e. The fraction of sp³-hybridized carbons (Fsp3) is 0.267. The summed E-state index contributed by atoms with van der Waals surface area (Å²) in [4.78, 5) is 18.5. The van der Waals surface area contributed by atoms with E-state index in [1.165, 1.54) is 0 Å². The van der Waals surface area contributed by atoms with Gasteiger partial charge in [0.2, 0.25) is 5.96 Å². The third-order valence-electron chi connectivity index (χ3n) is 3.36. The number of nitrogens with zero attached hydrogens (tertiary/aromatic N) is 4. The van der Waals surface area contributed by atoms with Gasteiger partial charge >= 0.3 is 6.03 Å². The molecule has 0 atom stereocenters. The molecule has 0 saturated carbocycles. The Bertz CT molecular complexity index is 735. The Morgan fingerprint density at radius 1 is 1.27 bits per heavy atom. The third kappa shape index (κ3) is 2.82. The van der Waals surface area contributed by atoms with Gasteiger partial charge in [-0.05, 0) is 44.2 Å². The van der Waals surface area contributed by atoms with E-state index in [2.05, 4.69) is 15.4 Å². The van der Waals surface area contributed by atoms with E-state index in [4.69, 9.17) is 11.6 Å². The van der Waals surface area contributed by atoms with Crippen molar-refractivity contribution in [1.82, 2.24) is 14.7 Å². The van der Waals surface area contributed by atoms with Crippen molar-refractivity contribution in [3.8, 4) is 0 Å². The summed E-state index contributed by atoms with van der Waals surface area (Å²) in [6, 6.07) is 8.71. The maximum atomic E-state index is 12.5. The lowest BCUT2D eigenvalue weighted by molar-refractivity contribution is 0.235. The highest BCUT2D eigenvalue weighted by atomic mass is 35.5. The normalized spacial score (nSPS) is 14.1. The van der Waals surface area contributed by atoms with Crippen molar-refractivity contribution in [3.63, 3.8) is 0 Å². The van der Waals surface area contributed by atoms with Crippen LogP contribution < -0.4 is 5.32 Å². The molecule has 1 aliphatic rings. The summed E-state index contributed by atoms with van der Waals surface area (Å²) in [5.74, 6) is 0.553. The molecule has 0 unspecified atom stereocenters. The molecule has 0 radical (unpaired) electrons. The second-order valence-electron chi connectivity index (χ2n) is 5.11. The second kappa shape index (κ2) is 5.81. The van der Waals surface area contributed by atoms with Gasteiger partial charge < -0.3 is 5.32 Å². The summed E-state index contributed by atoms with van der Waals surface area (Å²) in [5, 5.41) is 7.86. The number of benzene rings is 1. The number of hydrogen-bond donors (Lipinski definition) is 1. The minimum atomic E-state index is -0.230. The van der Waals surface area contributed by atoms with Crippen molar-refractivity contribution in [2.45, 2.75) is 13.8 Å². The molecule has 6 nitrogen and oxygen atoms in total. The van der Waals surface area contributed by atoms with E-state index in [1.54, 1.807) is 33.8 Å². The summed E-state index contributed by atoms with van der Waals surface area (Å²) < 4.78 is 1.70. The van der Waals surface area contributed by atoms with Crippen LogP contribution in [0, 0.1) is 13.8 Å². The van der Waals surface area contributed by atoms with Crippen molar-refractivity contribution in [2.75, 3.05) is 18.4 Å². The molecule has 3 rings (SSSR count). The number of halogens is 1. The lowest BCUT2D eigenvalue weighted by Gasteiger charge is -2.19. The van der Waals surface area contributed by atoms with Crippen molar-refractivity contribution in [3.05, 3.63) is 46.7 Å². The zero-order chi connectivity index (χ0) is 15.7. The van der Waals surface area contributed by atoms with E-state index in [0.717, 1.165) is 11.4 Å². The number of amides is 2. The lowest BCUT2D eigenvalue weighted by atomic mass is 10.3. The van der Waals surface area contributed by atoms with Gasteiger partial charge in [-0.1, -0.05) is 11.6 Å². The first-order valence-electron chi connectivity index (χ1n) is 6.97. The lowest BCUT2D eigenvalue weighted by Crippen LogP contribution is -2.41. The van der Waals surface area contributed by atoms with E-state index in [-0.39, 0.29) is 6.03 Å². The number of aryl methyl sites for hydroxylation is 2. The van der Waals surface area contributed by atoms with Gasteiger partial charge in [0, 0.05) is 16.4 Å². The van der Waals surface area contributed by atoms with E-state index >= 15 is 0 Å². The zero-order valence-corrected chi connectivity index (χ0v) is 13.1. The molecular formula is C15H16ClN5O. The largest absolute Gasteiger partial charge is 0.328 e. The topological polar surface area (TPSA) is 62.5 Å². The van der Waals surface area contributed by atoms with Gasteiger partial charge in [0.1, 0.15) is 0 Å². The van der Waals surface area contributed by atoms with Gasteiger partial charge in [-0.3, -0.25) is 4.90 Å². The maximum absolute atomic E-state index is 12.5. The Hall–Kier alpha value is -2.34. The predicted molar refractivity (Wildman–Crippen MR) is 86.6 cm³/mol. The van der Waals surface area contributed by atoms with Gasteiger partial charge in [0.25, 0.3) is 0 Å². The molecule has 0 saturated heterocycles. The molecule has 1 N–H and O–H groups in total. The smallest absolute Gasteiger partial charge is 0.307 e. The summed E-state index contributed by atoms with van der Waals surface area (Å²) in [6.45, 7) is 4.96. The van der Waals surface area contributed by atoms with Crippen LogP contribution in [-0.4, -0.2) is 39.8 Å². The zero-order valence-electron chi connectivity index (χ0n) is 12.4. The van der Waals surface area contributed by atoms with Crippen molar-refractivity contribution >= 4 is 29.3 Å². The number of aromatic nitrogens is 2. The molecule has 7 heteroatoms. The Morgan fingerprint density at radius 3 is 2.64 bits per heavy atom. The SMILES string of the molecule is Cc1cc(C)n(C2=NCCN2C(=O)Nc2ccc(Cl)cc2)n1. The molecule has 0 bridgehead atoms. The van der Waals surface area contributed by atoms with Crippen molar-refractivity contribution in [2.24, 2.45) is 4.99 Å². The average molecular weight is 318 g/mol. The first-order valence-corrected chi connectivity index (χ1v) is 7.34. The van der Waals surface area contributed by atoms with E-state index in [9.17, 15) is 4.79 Å². The highest BCUT2D eigenvalue weighted by Crippen LogP contribution is 2.15. The Balaban J connectivity index is 1.79. The van der Waals surface area contributed by atoms with Crippen LogP contribution in [0.2, 0.25) is 5.02 Å². The number of nitrogens with one attached hydrogen (secondary N) is 1. The molecular weight excluding hydrogens is 302 g/mol. The standard InChI is InChI=1S/C15H16ClN5O/c1-10-9-11(2)21(19-10)14-17-7-8-20(14)15(22)18-13-5-3-12(16)4-6-13/h3-6,9H,7-8H2,1-2H3,(H,18,22). The van der Waals surface area contributed by atoms with Crippen LogP contribution in [0.5, 0.6) is 0 Å². The van der Waals surface area contributed by atoms with Crippen molar-refractivity contribution < 1.29 is 4.79 Å². The molecule has 0 spiro atoms. The van der Waals surface area contributed by atoms with Gasteiger partial charge in [-0.2, -0.15) is 5.10 Å². The fourth-order valence-corrected chi connectivity index (χ4v) is 2.49. The minimum absolute atomic E-state index is 0.230. The fourth-order valence-electron chi connectivity index (χ4n) is 2.36. The predicted octanol–water partition coefficient (Wildman–Crippen LogP) is 2.91. The second-order valence-corrected chi connectivity index (χ2v) is 5.55. The van der Waals surface area contributed by atoms with Gasteiger partial charge in [0.05, 0.1) is 18.8 Å². The number of rotatable bonds is 1. The van der Waals surface area contributed by atoms with Gasteiger partial charge in [-0.25, -0.2) is 14.5 Å². The van der Waals surface area contributed by atoms with E-state index in [1.807, 2.05) is 19.9 Å². The van der Waals surface area contributed by atoms with E-state index in [0.29, 0.717) is 29.8 Å². The molecule has 1 aliphatic heterocycles. The minimum Gasteiger partial charge on any atom is -0.307 e. The molecule has 22 heavy (non-hydrogen) atoms. The van der Waals surface area contributed by atoms with Crippen LogP contribution in [0.3, 0.4) is 0 Å². The van der Waals surface area contributed by atoms with E-state index < -0.39 is 0 Å². The number of anilines is 1. The van der Waals surface area contributed by atoms with Gasteiger partial charge in [0.15, 0.2) is 0 Å². The summed E-state index contributed by atoms with van der Waals surface area (Å²) >= 11 is 5.84. The molecule has 2 heterocycles. The van der Waals surface area contributed by atoms with Crippen LogP contribution >= 0.6 is 11.6 Å². The number of carbonyl (C=O) groups excluding carboxylic acids is 1. The quantitative estimate of drug-likeness (QED) is 0.879. The molecule has 2 aromatic rings. The summed E-state index contributed by atoms with van der Waals surface area (Å²) in [5.41, 5.74) is 2.53. The first-order chi connectivity index (χ1) is 10.5. The van der Waals surface area contributed by atoms with Crippen LogP contribution in [0.4, 0.5) is 10.5 Å². The van der Waals surface area contributed by atoms with Crippen molar-refractivity contribution in [1.29, 1.82) is 0 Å². The first kappa shape index (κ1) is 14.6. The Labute approximate surface area is 133 Å². The van der Waals surface area contributed by atoms with Crippen LogP contribution in [0.15, 0.2) is 35.3 Å². The summed E-state index contributed by atoms with van der Waals surface area (Å²) in [6.07, 6.45) is 0. The Morgan fingerprint density at radius 2 is 2.00 bits per heavy atom. The number of carbonyl (C=O) groups is 1. The molecule has 114 valence electrons. The number of aliphatic imine (C=N–C) groups is 1. The molecule has 1 aromatic heterocycles. The highest BCUT2D eigenvalue weighted by Gasteiger charge is 2.26. The van der Waals surface area contributed by atoms with Crippen LogP contribution in [0.25, 0.3) is 0 Å². The van der Waals surface area contributed by atoms with Gasteiger partial charge in [-0.15, -0.1) is 0 Å². The molecule has 0 aliphatic carbocycles. The molecule has 0 fully saturated rings. The highest BCUT2D eigenvalue weighted by molar-refractivity contribution is 6.30. The third-order valence-corrected chi connectivity index (χ3v) is 3.61. The summed E-state index contributed by atoms with van der Waals surface area (Å²) in [7, 11) is 0. The molecule has 1 aromatic carbocycles. The number of hydrogen-bond acceptors (Lipinski definition) is 3. The average Bonchev–Trinajstić information content (AvgIpc) is 3.07. The Kier molecular flexibility index (Phi) is 3.85. The van der Waals surface area contributed by atoms with Crippen LogP contribution in [-0.2, 0) is 0 Å². The van der Waals surface area contributed by atoms with Crippen LogP contribution in [0.1, 0.15) is 11.4 Å². The number of urea groups is 1. The monoisotopic (exact) mass is 317 g/mol.